The molecule has 0 aliphatic heterocycles. The van der Waals surface area contributed by atoms with E-state index < -0.39 is 17.4 Å². The van der Waals surface area contributed by atoms with Crippen LogP contribution < -0.4 is 15.8 Å². The van der Waals surface area contributed by atoms with Gasteiger partial charge in [-0.1, -0.05) is 30.3 Å². The maximum atomic E-state index is 12.9. The number of benzene rings is 3. The van der Waals surface area contributed by atoms with Gasteiger partial charge in [-0.2, -0.15) is 0 Å². The molecule has 8 nitrogen and oxygen atoms in total. The van der Waals surface area contributed by atoms with Crippen LogP contribution in [0, 0.1) is 0 Å². The van der Waals surface area contributed by atoms with Crippen molar-refractivity contribution in [1.29, 1.82) is 0 Å². The number of carboxylic acid groups (broad SMARTS) is 1. The summed E-state index contributed by atoms with van der Waals surface area (Å²) in [5.41, 5.74) is 6.80. The van der Waals surface area contributed by atoms with Gasteiger partial charge in [-0.15, -0.1) is 0 Å². The number of nitrogens with two attached hydrogens (primary N) is 1. The third-order valence-electron chi connectivity index (χ3n) is 4.99. The summed E-state index contributed by atoms with van der Waals surface area (Å²) in [6.45, 7) is 2.94. The summed E-state index contributed by atoms with van der Waals surface area (Å²) in [6.07, 6.45) is 0. The predicted molar refractivity (Wildman–Crippen MR) is 118 cm³/mol. The van der Waals surface area contributed by atoms with Gasteiger partial charge in [-0.3, -0.25) is 4.79 Å². The van der Waals surface area contributed by atoms with Crippen LogP contribution in [0.25, 0.3) is 21.8 Å². The quantitative estimate of drug-likeness (QED) is 0.355. The number of imidazole rings is 1. The Bertz CT molecular complexity index is 1310. The fourth-order valence-electron chi connectivity index (χ4n) is 3.27. The number of hydrogen-bond donors (Lipinski definition) is 4. The number of carbonyl (C=O) groups excluding carboxylic acids is 1. The van der Waals surface area contributed by atoms with Crippen molar-refractivity contribution < 1.29 is 19.4 Å². The highest BCUT2D eigenvalue weighted by Gasteiger charge is 2.30. The Morgan fingerprint density at radius 2 is 1.94 bits per heavy atom. The standard InChI is InChI=1S/C23H22N4O4/c1-23(2,22(29)30)27-21(28)16-9-7-13-5-3-4-6-15(13)20(16)31-12-19-25-17-10-8-14(24)11-18(17)26-19/h3-11H,12,24H2,1-2H3,(H,25,26)(H,27,28)(H,29,30). The number of aromatic nitrogens is 2. The number of H-pyrrole nitrogens is 1. The zero-order valence-electron chi connectivity index (χ0n) is 17.1. The van der Waals surface area contributed by atoms with E-state index in [2.05, 4.69) is 15.3 Å². The first-order valence-corrected chi connectivity index (χ1v) is 9.69. The van der Waals surface area contributed by atoms with Crippen molar-refractivity contribution in [3.05, 3.63) is 66.0 Å². The van der Waals surface area contributed by atoms with Crippen molar-refractivity contribution in [1.82, 2.24) is 15.3 Å². The second-order valence-electron chi connectivity index (χ2n) is 7.80. The second kappa shape index (κ2) is 7.64. The van der Waals surface area contributed by atoms with E-state index in [0.29, 0.717) is 17.3 Å². The van der Waals surface area contributed by atoms with Crippen LogP contribution in [0.5, 0.6) is 5.75 Å². The minimum absolute atomic E-state index is 0.0885. The summed E-state index contributed by atoms with van der Waals surface area (Å²) < 4.78 is 6.06. The van der Waals surface area contributed by atoms with Gasteiger partial charge in [-0.25, -0.2) is 9.78 Å². The molecule has 0 unspecified atom stereocenters. The SMILES string of the molecule is CC(C)(NC(=O)c1ccc2ccccc2c1OCc1nc2ccc(N)cc2[nH]1)C(=O)O. The van der Waals surface area contributed by atoms with Crippen LogP contribution in [0.3, 0.4) is 0 Å². The van der Waals surface area contributed by atoms with Crippen molar-refractivity contribution in [2.45, 2.75) is 26.0 Å². The van der Waals surface area contributed by atoms with E-state index in [0.717, 1.165) is 21.8 Å². The van der Waals surface area contributed by atoms with Gasteiger partial charge in [0.1, 0.15) is 23.7 Å². The number of fused-ring (bicyclic) bond motifs is 2. The van der Waals surface area contributed by atoms with Gasteiger partial charge in [-0.05, 0) is 43.5 Å². The smallest absolute Gasteiger partial charge is 0.328 e. The molecule has 4 rings (SSSR count). The Morgan fingerprint density at radius 1 is 1.16 bits per heavy atom. The fourth-order valence-corrected chi connectivity index (χ4v) is 3.27. The highest BCUT2D eigenvalue weighted by atomic mass is 16.5. The lowest BCUT2D eigenvalue weighted by atomic mass is 10.0. The largest absolute Gasteiger partial charge is 0.484 e. The molecule has 8 heteroatoms. The number of amides is 1. The third-order valence-corrected chi connectivity index (χ3v) is 4.99. The lowest BCUT2D eigenvalue weighted by Gasteiger charge is -2.22. The molecule has 0 atom stereocenters. The summed E-state index contributed by atoms with van der Waals surface area (Å²) in [4.78, 5) is 32.0. The second-order valence-corrected chi connectivity index (χ2v) is 7.80. The van der Waals surface area contributed by atoms with Gasteiger partial charge >= 0.3 is 5.97 Å². The van der Waals surface area contributed by atoms with E-state index in [4.69, 9.17) is 10.5 Å². The van der Waals surface area contributed by atoms with Crippen LogP contribution in [-0.2, 0) is 11.4 Å². The summed E-state index contributed by atoms with van der Waals surface area (Å²) in [6, 6.07) is 16.3. The van der Waals surface area contributed by atoms with Crippen LogP contribution >= 0.6 is 0 Å². The van der Waals surface area contributed by atoms with Crippen LogP contribution in [0.4, 0.5) is 5.69 Å². The van der Waals surface area contributed by atoms with E-state index in [-0.39, 0.29) is 12.2 Å². The molecular formula is C23H22N4O4. The van der Waals surface area contributed by atoms with Crippen LogP contribution in [0.15, 0.2) is 54.6 Å². The topological polar surface area (TPSA) is 130 Å². The van der Waals surface area contributed by atoms with Crippen molar-refractivity contribution in [3.8, 4) is 5.75 Å². The number of aromatic amines is 1. The van der Waals surface area contributed by atoms with Crippen molar-refractivity contribution in [2.75, 3.05) is 5.73 Å². The molecule has 3 aromatic carbocycles. The van der Waals surface area contributed by atoms with E-state index >= 15 is 0 Å². The Morgan fingerprint density at radius 3 is 2.71 bits per heavy atom. The number of ether oxygens (including phenoxy) is 1. The molecule has 0 saturated heterocycles. The summed E-state index contributed by atoms with van der Waals surface area (Å²) in [5, 5.41) is 13.5. The molecule has 1 heterocycles. The van der Waals surface area contributed by atoms with Crippen molar-refractivity contribution >= 4 is 39.4 Å². The third kappa shape index (κ3) is 4.00. The number of aliphatic carboxylic acids is 1. The molecule has 0 aliphatic carbocycles. The number of hydrogen-bond acceptors (Lipinski definition) is 5. The summed E-state index contributed by atoms with van der Waals surface area (Å²) in [5.74, 6) is -0.737. The molecule has 0 aliphatic rings. The van der Waals surface area contributed by atoms with Crippen LogP contribution in [-0.4, -0.2) is 32.5 Å². The lowest BCUT2D eigenvalue weighted by molar-refractivity contribution is -0.143. The van der Waals surface area contributed by atoms with Gasteiger partial charge < -0.3 is 25.9 Å². The summed E-state index contributed by atoms with van der Waals surface area (Å²) in [7, 11) is 0. The number of nitrogens with zero attached hydrogens (tertiary/aromatic N) is 1. The maximum absolute atomic E-state index is 12.9. The molecule has 4 aromatic rings. The predicted octanol–water partition coefficient (Wildman–Crippen LogP) is 3.47. The molecule has 0 radical (unpaired) electrons. The van der Waals surface area contributed by atoms with E-state index in [1.54, 1.807) is 24.3 Å². The van der Waals surface area contributed by atoms with Gasteiger partial charge in [0.2, 0.25) is 0 Å². The number of nitrogen functional groups attached to an aromatic ring is 1. The Balaban J connectivity index is 1.69. The maximum Gasteiger partial charge on any atom is 0.328 e. The lowest BCUT2D eigenvalue weighted by Crippen LogP contribution is -2.49. The highest BCUT2D eigenvalue weighted by molar-refractivity contribution is 6.05. The van der Waals surface area contributed by atoms with Crippen LogP contribution in [0.2, 0.25) is 0 Å². The van der Waals surface area contributed by atoms with E-state index in [9.17, 15) is 14.7 Å². The van der Waals surface area contributed by atoms with E-state index in [1.165, 1.54) is 13.8 Å². The average molecular weight is 418 g/mol. The first-order valence-electron chi connectivity index (χ1n) is 9.69. The molecule has 1 amide bonds. The molecule has 0 fully saturated rings. The van der Waals surface area contributed by atoms with Crippen LogP contribution in [0.1, 0.15) is 30.0 Å². The molecular weight excluding hydrogens is 396 g/mol. The van der Waals surface area contributed by atoms with Gasteiger partial charge in [0.05, 0.1) is 16.6 Å². The molecule has 0 spiro atoms. The zero-order chi connectivity index (χ0) is 22.2. The highest BCUT2D eigenvalue weighted by Crippen LogP contribution is 2.31. The monoisotopic (exact) mass is 418 g/mol. The number of anilines is 1. The Kier molecular flexibility index (Phi) is 4.98. The molecule has 5 N–H and O–H groups in total. The van der Waals surface area contributed by atoms with Crippen molar-refractivity contribution in [3.63, 3.8) is 0 Å². The number of rotatable bonds is 6. The number of carboxylic acids is 1. The van der Waals surface area contributed by atoms with E-state index in [1.807, 2.05) is 30.3 Å². The Hall–Kier alpha value is -4.07. The van der Waals surface area contributed by atoms with Gasteiger partial charge in [0, 0.05) is 11.1 Å². The molecule has 1 aromatic heterocycles. The minimum Gasteiger partial charge on any atom is -0.484 e. The van der Waals surface area contributed by atoms with Gasteiger partial charge in [0.25, 0.3) is 5.91 Å². The minimum atomic E-state index is -1.43. The zero-order valence-corrected chi connectivity index (χ0v) is 17.1. The Labute approximate surface area is 178 Å². The normalized spacial score (nSPS) is 11.5. The summed E-state index contributed by atoms with van der Waals surface area (Å²) >= 11 is 0. The van der Waals surface area contributed by atoms with Crippen molar-refractivity contribution in [2.24, 2.45) is 0 Å². The molecule has 0 bridgehead atoms. The molecule has 31 heavy (non-hydrogen) atoms. The van der Waals surface area contributed by atoms with Gasteiger partial charge in [0.15, 0.2) is 0 Å². The fraction of sp³-hybridized carbons (Fsp3) is 0.174. The number of carbonyl (C=O) groups is 2. The number of nitrogens with one attached hydrogen (secondary N) is 2. The molecule has 158 valence electrons. The first-order chi connectivity index (χ1) is 14.7. The first kappa shape index (κ1) is 20.2. The molecule has 0 saturated carbocycles. The average Bonchev–Trinajstić information content (AvgIpc) is 3.13.